The van der Waals surface area contributed by atoms with Crippen molar-refractivity contribution in [3.8, 4) is 6.07 Å². The number of hydrogen-bond donors (Lipinski definition) is 1. The van der Waals surface area contributed by atoms with E-state index < -0.39 is 0 Å². The molecule has 2 aromatic rings. The fraction of sp³-hybridized carbons (Fsp3) is 0.353. The molecule has 4 heteroatoms. The van der Waals surface area contributed by atoms with Crippen LogP contribution in [0.4, 0.5) is 5.69 Å². The van der Waals surface area contributed by atoms with Gasteiger partial charge >= 0.3 is 0 Å². The number of nitrogens with zero attached hydrogens (tertiary/aromatic N) is 2. The highest BCUT2D eigenvalue weighted by Crippen LogP contribution is 2.35. The number of thiophene rings is 1. The topological polar surface area (TPSA) is 53.0 Å². The zero-order valence-corrected chi connectivity index (χ0v) is 13.5. The van der Waals surface area contributed by atoms with Gasteiger partial charge in [0.2, 0.25) is 0 Å². The Kier molecular flexibility index (Phi) is 5.00. The third kappa shape index (κ3) is 3.10. The molecule has 0 aliphatic rings. The van der Waals surface area contributed by atoms with Gasteiger partial charge in [0.15, 0.2) is 0 Å². The minimum absolute atomic E-state index is 0.0269. The zero-order valence-electron chi connectivity index (χ0n) is 12.7. The van der Waals surface area contributed by atoms with E-state index in [1.165, 1.54) is 10.4 Å². The summed E-state index contributed by atoms with van der Waals surface area (Å²) in [4.78, 5) is 3.42. The van der Waals surface area contributed by atoms with Crippen molar-refractivity contribution in [3.63, 3.8) is 0 Å². The van der Waals surface area contributed by atoms with Gasteiger partial charge in [-0.25, -0.2) is 0 Å². The number of anilines is 1. The van der Waals surface area contributed by atoms with Crippen molar-refractivity contribution in [2.45, 2.75) is 32.4 Å². The molecule has 2 unspecified atom stereocenters. The summed E-state index contributed by atoms with van der Waals surface area (Å²) in [5.74, 6) is 0. The summed E-state index contributed by atoms with van der Waals surface area (Å²) in [6.45, 7) is 4.22. The molecule has 0 aliphatic heterocycles. The molecule has 2 rings (SSSR count). The van der Waals surface area contributed by atoms with Crippen LogP contribution in [0, 0.1) is 18.3 Å². The second-order valence-electron chi connectivity index (χ2n) is 5.22. The Morgan fingerprint density at radius 1 is 1.33 bits per heavy atom. The highest BCUT2D eigenvalue weighted by molar-refractivity contribution is 7.10. The molecule has 0 amide bonds. The highest BCUT2D eigenvalue weighted by atomic mass is 32.1. The summed E-state index contributed by atoms with van der Waals surface area (Å²) in [6, 6.07) is 12.2. The van der Waals surface area contributed by atoms with Gasteiger partial charge in [-0.2, -0.15) is 5.26 Å². The van der Waals surface area contributed by atoms with Crippen LogP contribution in [0.1, 0.15) is 35.4 Å². The standard InChI is InChI=1S/C17H21N3S/c1-4-14(19)16(17-12(2)9-10-21-17)20(3)15-8-6-5-7-13(15)11-18/h5-10,14,16H,4,19H2,1-3H3. The molecule has 110 valence electrons. The number of nitrogens with two attached hydrogens (primary N) is 1. The molecule has 1 heterocycles. The van der Waals surface area contributed by atoms with E-state index >= 15 is 0 Å². The van der Waals surface area contributed by atoms with Crippen molar-refractivity contribution in [2.75, 3.05) is 11.9 Å². The minimum Gasteiger partial charge on any atom is -0.364 e. The quantitative estimate of drug-likeness (QED) is 0.912. The van der Waals surface area contributed by atoms with E-state index in [4.69, 9.17) is 5.73 Å². The van der Waals surface area contributed by atoms with Gasteiger partial charge < -0.3 is 10.6 Å². The maximum atomic E-state index is 9.32. The number of nitriles is 1. The molecular weight excluding hydrogens is 278 g/mol. The molecule has 2 N–H and O–H groups in total. The van der Waals surface area contributed by atoms with Crippen LogP contribution >= 0.6 is 11.3 Å². The van der Waals surface area contributed by atoms with Crippen molar-refractivity contribution < 1.29 is 0 Å². The Bertz CT molecular complexity index is 641. The summed E-state index contributed by atoms with van der Waals surface area (Å²) in [5, 5.41) is 11.4. The van der Waals surface area contributed by atoms with E-state index in [1.54, 1.807) is 11.3 Å². The largest absolute Gasteiger partial charge is 0.364 e. The van der Waals surface area contributed by atoms with Crippen LogP contribution in [0.25, 0.3) is 0 Å². The number of likely N-dealkylation sites (N-methyl/N-ethyl adjacent to an activating group) is 1. The van der Waals surface area contributed by atoms with Crippen LogP contribution in [-0.4, -0.2) is 13.1 Å². The smallest absolute Gasteiger partial charge is 0.101 e. The summed E-state index contributed by atoms with van der Waals surface area (Å²) < 4.78 is 0. The number of benzene rings is 1. The first-order chi connectivity index (χ1) is 10.1. The highest BCUT2D eigenvalue weighted by Gasteiger charge is 2.27. The summed E-state index contributed by atoms with van der Waals surface area (Å²) in [6.07, 6.45) is 0.890. The van der Waals surface area contributed by atoms with Crippen LogP contribution in [0.5, 0.6) is 0 Å². The molecule has 0 saturated heterocycles. The van der Waals surface area contributed by atoms with Crippen LogP contribution < -0.4 is 10.6 Å². The normalized spacial score (nSPS) is 13.5. The number of rotatable bonds is 5. The molecule has 0 spiro atoms. The maximum Gasteiger partial charge on any atom is 0.101 e. The lowest BCUT2D eigenvalue weighted by molar-refractivity contribution is 0.515. The molecule has 0 fully saturated rings. The first kappa shape index (κ1) is 15.6. The number of hydrogen-bond acceptors (Lipinski definition) is 4. The fourth-order valence-electron chi connectivity index (χ4n) is 2.59. The Balaban J connectivity index is 2.47. The third-order valence-electron chi connectivity index (χ3n) is 3.87. The summed E-state index contributed by atoms with van der Waals surface area (Å²) >= 11 is 1.73. The second-order valence-corrected chi connectivity index (χ2v) is 6.17. The lowest BCUT2D eigenvalue weighted by Crippen LogP contribution is -2.39. The zero-order chi connectivity index (χ0) is 15.4. The molecule has 0 radical (unpaired) electrons. The Hall–Kier alpha value is -1.83. The molecule has 1 aromatic heterocycles. The molecule has 1 aromatic carbocycles. The molecule has 0 aliphatic carbocycles. The lowest BCUT2D eigenvalue weighted by atomic mass is 9.99. The van der Waals surface area contributed by atoms with E-state index in [9.17, 15) is 5.26 Å². The molecule has 0 saturated carbocycles. The molecule has 3 nitrogen and oxygen atoms in total. The lowest BCUT2D eigenvalue weighted by Gasteiger charge is -2.34. The van der Waals surface area contributed by atoms with Crippen LogP contribution in [0.2, 0.25) is 0 Å². The van der Waals surface area contributed by atoms with E-state index in [0.29, 0.717) is 5.56 Å². The van der Waals surface area contributed by atoms with Gasteiger partial charge in [-0.15, -0.1) is 11.3 Å². The van der Waals surface area contributed by atoms with Crippen molar-refractivity contribution in [1.82, 2.24) is 0 Å². The van der Waals surface area contributed by atoms with Crippen molar-refractivity contribution >= 4 is 17.0 Å². The van der Waals surface area contributed by atoms with Crippen LogP contribution in [0.3, 0.4) is 0 Å². The monoisotopic (exact) mass is 299 g/mol. The van der Waals surface area contributed by atoms with Gasteiger partial charge in [-0.3, -0.25) is 0 Å². The third-order valence-corrected chi connectivity index (χ3v) is 4.96. The summed E-state index contributed by atoms with van der Waals surface area (Å²) in [5.41, 5.74) is 9.26. The first-order valence-corrected chi connectivity index (χ1v) is 7.99. The second kappa shape index (κ2) is 6.75. The van der Waals surface area contributed by atoms with Gasteiger partial charge in [0, 0.05) is 18.0 Å². The maximum absolute atomic E-state index is 9.32. The average molecular weight is 299 g/mol. The predicted molar refractivity (Wildman–Crippen MR) is 89.6 cm³/mol. The SMILES string of the molecule is CCC(N)C(c1sccc1C)N(C)c1ccccc1C#N. The van der Waals surface area contributed by atoms with Gasteiger partial charge in [0.25, 0.3) is 0 Å². The molecule has 21 heavy (non-hydrogen) atoms. The van der Waals surface area contributed by atoms with Gasteiger partial charge in [-0.1, -0.05) is 19.1 Å². The van der Waals surface area contributed by atoms with Crippen molar-refractivity contribution in [3.05, 3.63) is 51.7 Å². The predicted octanol–water partition coefficient (Wildman–Crippen LogP) is 3.84. The van der Waals surface area contributed by atoms with E-state index in [-0.39, 0.29) is 12.1 Å². The Morgan fingerprint density at radius 2 is 2.05 bits per heavy atom. The molecule has 2 atom stereocenters. The molecule has 0 bridgehead atoms. The van der Waals surface area contributed by atoms with E-state index in [1.807, 2.05) is 31.3 Å². The fourth-order valence-corrected chi connectivity index (χ4v) is 3.74. The minimum atomic E-state index is 0.0269. The van der Waals surface area contributed by atoms with Crippen molar-refractivity contribution in [1.29, 1.82) is 5.26 Å². The van der Waals surface area contributed by atoms with Gasteiger partial charge in [0.05, 0.1) is 17.3 Å². The average Bonchev–Trinajstić information content (AvgIpc) is 2.93. The Morgan fingerprint density at radius 3 is 2.62 bits per heavy atom. The van der Waals surface area contributed by atoms with E-state index in [2.05, 4.69) is 36.3 Å². The molecular formula is C17H21N3S. The number of para-hydroxylation sites is 1. The van der Waals surface area contributed by atoms with Gasteiger partial charge in [0.1, 0.15) is 6.07 Å². The van der Waals surface area contributed by atoms with Crippen molar-refractivity contribution in [2.24, 2.45) is 5.73 Å². The van der Waals surface area contributed by atoms with Gasteiger partial charge in [-0.05, 0) is 42.5 Å². The summed E-state index contributed by atoms with van der Waals surface area (Å²) in [7, 11) is 2.02. The Labute approximate surface area is 130 Å². The van der Waals surface area contributed by atoms with Crippen LogP contribution in [0.15, 0.2) is 35.7 Å². The van der Waals surface area contributed by atoms with E-state index in [0.717, 1.165) is 12.1 Å². The van der Waals surface area contributed by atoms with Crippen LogP contribution in [-0.2, 0) is 0 Å². The number of aryl methyl sites for hydroxylation is 1. The first-order valence-electron chi connectivity index (χ1n) is 7.11.